The summed E-state index contributed by atoms with van der Waals surface area (Å²) in [6.07, 6.45) is 3.42. The highest BCUT2D eigenvalue weighted by Crippen LogP contribution is 2.41. The minimum Gasteiger partial charge on any atom is -0.296 e. The fourth-order valence-electron chi connectivity index (χ4n) is 2.48. The van der Waals surface area contributed by atoms with Gasteiger partial charge in [0, 0.05) is 6.42 Å². The molecule has 0 spiro atoms. The highest BCUT2D eigenvalue weighted by molar-refractivity contribution is 5.84. The van der Waals surface area contributed by atoms with Crippen molar-refractivity contribution in [3.8, 4) is 0 Å². The van der Waals surface area contributed by atoms with Crippen molar-refractivity contribution in [1.82, 2.24) is 0 Å². The molecule has 0 N–H and O–H groups in total. The molecule has 2 fully saturated rings. The summed E-state index contributed by atoms with van der Waals surface area (Å²) in [6.45, 7) is 0. The monoisotopic (exact) mass is 156 g/mol. The fraction of sp³-hybridized carbons (Fsp3) is 0.889. The van der Waals surface area contributed by atoms with Gasteiger partial charge in [-0.05, 0) is 24.7 Å². The summed E-state index contributed by atoms with van der Waals surface area (Å²) in [5.74, 6) is 0.922. The molecule has 0 aromatic carbocycles. The van der Waals surface area contributed by atoms with Crippen LogP contribution in [0.25, 0.3) is 0 Å². The summed E-state index contributed by atoms with van der Waals surface area (Å²) in [7, 11) is 0. The van der Waals surface area contributed by atoms with Crippen LogP contribution in [-0.2, 0) is 4.79 Å². The third-order valence-corrected chi connectivity index (χ3v) is 3.14. The summed E-state index contributed by atoms with van der Waals surface area (Å²) in [5, 5.41) is 0. The van der Waals surface area contributed by atoms with Crippen LogP contribution in [0.1, 0.15) is 32.1 Å². The van der Waals surface area contributed by atoms with E-state index in [4.69, 9.17) is 0 Å². The van der Waals surface area contributed by atoms with Crippen LogP contribution in [0.2, 0.25) is 0 Å². The largest absolute Gasteiger partial charge is 0.296 e. The van der Waals surface area contributed by atoms with Gasteiger partial charge in [-0.3, -0.25) is 4.79 Å². The van der Waals surface area contributed by atoms with E-state index in [0.29, 0.717) is 24.7 Å². The maximum atomic E-state index is 12.9. The quantitative estimate of drug-likeness (QED) is 0.525. The second kappa shape index (κ2) is 2.58. The fourth-order valence-corrected chi connectivity index (χ4v) is 2.48. The van der Waals surface area contributed by atoms with E-state index in [1.165, 1.54) is 6.42 Å². The molecule has 1 nitrogen and oxygen atoms in total. The summed E-state index contributed by atoms with van der Waals surface area (Å²) < 4.78 is 12.9. The molecule has 2 saturated carbocycles. The Balaban J connectivity index is 2.06. The molecular formula is C9H13FO. The standard InChI is InChI=1S/C9H13FO/c10-8-4-6-2-1-3-7(6)5-9(8)11/h6-8H,1-5H2/t6-,7-,8-/m0/s1. The van der Waals surface area contributed by atoms with E-state index < -0.39 is 6.17 Å². The van der Waals surface area contributed by atoms with Crippen molar-refractivity contribution in [1.29, 1.82) is 0 Å². The molecule has 11 heavy (non-hydrogen) atoms. The van der Waals surface area contributed by atoms with Gasteiger partial charge in [-0.1, -0.05) is 12.8 Å². The van der Waals surface area contributed by atoms with Gasteiger partial charge in [-0.25, -0.2) is 4.39 Å². The Hall–Kier alpha value is -0.400. The lowest BCUT2D eigenvalue weighted by molar-refractivity contribution is -0.128. The maximum Gasteiger partial charge on any atom is 0.167 e. The zero-order chi connectivity index (χ0) is 7.84. The number of fused-ring (bicyclic) bond motifs is 1. The van der Waals surface area contributed by atoms with E-state index in [1.807, 2.05) is 0 Å². The van der Waals surface area contributed by atoms with Crippen LogP contribution in [0, 0.1) is 11.8 Å². The zero-order valence-electron chi connectivity index (χ0n) is 6.55. The zero-order valence-corrected chi connectivity index (χ0v) is 6.55. The molecule has 2 aliphatic rings. The molecule has 0 aromatic rings. The maximum absolute atomic E-state index is 12.9. The van der Waals surface area contributed by atoms with Crippen molar-refractivity contribution in [2.45, 2.75) is 38.3 Å². The first-order valence-corrected chi connectivity index (χ1v) is 4.44. The molecule has 0 saturated heterocycles. The number of hydrogen-bond acceptors (Lipinski definition) is 1. The molecule has 62 valence electrons. The van der Waals surface area contributed by atoms with Crippen molar-refractivity contribution in [2.24, 2.45) is 11.8 Å². The lowest BCUT2D eigenvalue weighted by Crippen LogP contribution is -2.30. The lowest BCUT2D eigenvalue weighted by Gasteiger charge is -2.26. The Morgan fingerprint density at radius 2 is 2.00 bits per heavy atom. The van der Waals surface area contributed by atoms with Gasteiger partial charge < -0.3 is 0 Å². The van der Waals surface area contributed by atoms with Gasteiger partial charge in [0.1, 0.15) is 0 Å². The number of ketones is 1. The number of halogens is 1. The van der Waals surface area contributed by atoms with Crippen molar-refractivity contribution in [3.05, 3.63) is 0 Å². The molecule has 3 atom stereocenters. The Morgan fingerprint density at radius 1 is 1.27 bits per heavy atom. The van der Waals surface area contributed by atoms with Gasteiger partial charge in [-0.2, -0.15) is 0 Å². The third kappa shape index (κ3) is 1.19. The van der Waals surface area contributed by atoms with Gasteiger partial charge in [0.05, 0.1) is 0 Å². The minimum atomic E-state index is -1.13. The molecule has 0 aromatic heterocycles. The number of Topliss-reactive ketones (excluding diaryl/α,β-unsaturated/α-hetero) is 1. The molecule has 0 radical (unpaired) electrons. The first-order chi connectivity index (χ1) is 5.27. The molecule has 0 aliphatic heterocycles. The van der Waals surface area contributed by atoms with Crippen molar-refractivity contribution < 1.29 is 9.18 Å². The van der Waals surface area contributed by atoms with E-state index in [2.05, 4.69) is 0 Å². The van der Waals surface area contributed by atoms with E-state index in [9.17, 15) is 9.18 Å². The molecular weight excluding hydrogens is 143 g/mol. The predicted octanol–water partition coefficient (Wildman–Crippen LogP) is 2.10. The molecule has 0 amide bonds. The summed E-state index contributed by atoms with van der Waals surface area (Å²) in [5.41, 5.74) is 0. The molecule has 0 unspecified atom stereocenters. The smallest absolute Gasteiger partial charge is 0.167 e. The first kappa shape index (κ1) is 7.26. The van der Waals surface area contributed by atoms with E-state index in [1.54, 1.807) is 0 Å². The van der Waals surface area contributed by atoms with Crippen LogP contribution in [0.5, 0.6) is 0 Å². The summed E-state index contributed by atoms with van der Waals surface area (Å²) in [4.78, 5) is 11.0. The van der Waals surface area contributed by atoms with Crippen LogP contribution in [0.15, 0.2) is 0 Å². The second-order valence-corrected chi connectivity index (χ2v) is 3.82. The Morgan fingerprint density at radius 3 is 2.82 bits per heavy atom. The van der Waals surface area contributed by atoms with E-state index >= 15 is 0 Å². The van der Waals surface area contributed by atoms with Gasteiger partial charge in [0.2, 0.25) is 0 Å². The minimum absolute atomic E-state index is 0.145. The Bertz CT molecular complexity index is 178. The van der Waals surface area contributed by atoms with Gasteiger partial charge in [0.15, 0.2) is 12.0 Å². The van der Waals surface area contributed by atoms with Gasteiger partial charge in [-0.15, -0.1) is 0 Å². The summed E-state index contributed by atoms with van der Waals surface area (Å²) >= 11 is 0. The predicted molar refractivity (Wildman–Crippen MR) is 40.0 cm³/mol. The summed E-state index contributed by atoms with van der Waals surface area (Å²) in [6, 6.07) is 0. The van der Waals surface area contributed by atoms with Crippen LogP contribution in [0.4, 0.5) is 4.39 Å². The van der Waals surface area contributed by atoms with Gasteiger partial charge in [0.25, 0.3) is 0 Å². The van der Waals surface area contributed by atoms with Crippen LogP contribution in [-0.4, -0.2) is 12.0 Å². The van der Waals surface area contributed by atoms with Crippen LogP contribution >= 0.6 is 0 Å². The number of carbonyl (C=O) groups excluding carboxylic acids is 1. The average Bonchev–Trinajstić information content (AvgIpc) is 2.36. The van der Waals surface area contributed by atoms with Crippen molar-refractivity contribution in [3.63, 3.8) is 0 Å². The molecule has 2 heteroatoms. The lowest BCUT2D eigenvalue weighted by atomic mass is 9.80. The third-order valence-electron chi connectivity index (χ3n) is 3.14. The van der Waals surface area contributed by atoms with Crippen molar-refractivity contribution in [2.75, 3.05) is 0 Å². The topological polar surface area (TPSA) is 17.1 Å². The Labute approximate surface area is 66.0 Å². The van der Waals surface area contributed by atoms with Gasteiger partial charge >= 0.3 is 0 Å². The number of carbonyl (C=O) groups is 1. The molecule has 2 rings (SSSR count). The first-order valence-electron chi connectivity index (χ1n) is 4.44. The normalized spacial score (nSPS) is 44.1. The van der Waals surface area contributed by atoms with Crippen LogP contribution in [0.3, 0.4) is 0 Å². The highest BCUT2D eigenvalue weighted by Gasteiger charge is 2.38. The SMILES string of the molecule is O=C1C[C@@H]2CCC[C@H]2C[C@@H]1F. The highest BCUT2D eigenvalue weighted by atomic mass is 19.1. The second-order valence-electron chi connectivity index (χ2n) is 3.82. The Kier molecular flexibility index (Phi) is 1.70. The molecule has 2 aliphatic carbocycles. The van der Waals surface area contributed by atoms with Crippen molar-refractivity contribution >= 4 is 5.78 Å². The molecule has 0 bridgehead atoms. The number of rotatable bonds is 0. The van der Waals surface area contributed by atoms with E-state index in [-0.39, 0.29) is 5.78 Å². The van der Waals surface area contributed by atoms with E-state index in [0.717, 1.165) is 12.8 Å². The average molecular weight is 156 g/mol. The number of hydrogen-bond donors (Lipinski definition) is 0. The molecule has 0 heterocycles. The van der Waals surface area contributed by atoms with Crippen LogP contribution < -0.4 is 0 Å². The number of alkyl halides is 1.